The van der Waals surface area contributed by atoms with E-state index in [9.17, 15) is 23.1 Å². The second kappa shape index (κ2) is 10.6. The Morgan fingerprint density at radius 1 is 0.838 bits per heavy atom. The molecule has 0 aliphatic carbocycles. The van der Waals surface area contributed by atoms with Crippen LogP contribution in [0.2, 0.25) is 0 Å². The second-order valence-corrected chi connectivity index (χ2v) is 9.22. The van der Waals surface area contributed by atoms with Crippen molar-refractivity contribution in [1.82, 2.24) is 4.90 Å². The highest BCUT2D eigenvalue weighted by Crippen LogP contribution is 2.36. The summed E-state index contributed by atoms with van der Waals surface area (Å²) in [5.74, 6) is -4.07. The molecular weight excluding hydrogens is 479 g/mol. The summed E-state index contributed by atoms with van der Waals surface area (Å²) in [5.41, 5.74) is 0.353. The van der Waals surface area contributed by atoms with Crippen molar-refractivity contribution in [2.24, 2.45) is 0 Å². The van der Waals surface area contributed by atoms with Crippen LogP contribution in [-0.4, -0.2) is 42.0 Å². The highest BCUT2D eigenvalue weighted by molar-refractivity contribution is 6.20. The number of piperidine rings is 1. The molecule has 4 aromatic rings. The lowest BCUT2D eigenvalue weighted by Crippen LogP contribution is -2.33. The SMILES string of the molecule is O=C(c1ccc(OCCN2CCCCC2)cc1)c1c(-c2ccc(F)c(F)c2F)ccc2cc(O)ccc12. The Labute approximate surface area is 212 Å². The lowest BCUT2D eigenvalue weighted by Gasteiger charge is -2.26. The van der Waals surface area contributed by atoms with Crippen LogP contribution in [0.3, 0.4) is 0 Å². The van der Waals surface area contributed by atoms with Crippen LogP contribution in [0.4, 0.5) is 13.2 Å². The summed E-state index contributed by atoms with van der Waals surface area (Å²) in [6, 6.07) is 16.1. The largest absolute Gasteiger partial charge is 0.508 e. The maximum absolute atomic E-state index is 14.8. The number of hydrogen-bond acceptors (Lipinski definition) is 4. The van der Waals surface area contributed by atoms with Gasteiger partial charge in [0.15, 0.2) is 23.2 Å². The minimum Gasteiger partial charge on any atom is -0.508 e. The number of likely N-dealkylation sites (tertiary alicyclic amines) is 1. The van der Waals surface area contributed by atoms with Crippen LogP contribution >= 0.6 is 0 Å². The van der Waals surface area contributed by atoms with E-state index in [0.29, 0.717) is 28.7 Å². The molecule has 0 saturated carbocycles. The molecule has 4 aromatic carbocycles. The first-order valence-corrected chi connectivity index (χ1v) is 12.3. The molecule has 1 fully saturated rings. The fourth-order valence-electron chi connectivity index (χ4n) is 4.84. The maximum Gasteiger partial charge on any atom is 0.195 e. The van der Waals surface area contributed by atoms with Crippen LogP contribution < -0.4 is 4.74 Å². The van der Waals surface area contributed by atoms with Crippen molar-refractivity contribution < 1.29 is 27.8 Å². The lowest BCUT2D eigenvalue weighted by atomic mass is 9.89. The number of carbonyl (C=O) groups excluding carboxylic acids is 1. The number of ether oxygens (including phenoxy) is 1. The molecule has 4 nitrogen and oxygen atoms in total. The van der Waals surface area contributed by atoms with E-state index in [-0.39, 0.29) is 22.4 Å². The molecule has 0 spiro atoms. The number of phenolic OH excluding ortho intramolecular Hbond substituents is 1. The fourth-order valence-corrected chi connectivity index (χ4v) is 4.84. The first-order valence-electron chi connectivity index (χ1n) is 12.3. The molecule has 1 saturated heterocycles. The normalized spacial score (nSPS) is 14.1. The third kappa shape index (κ3) is 5.18. The van der Waals surface area contributed by atoms with Crippen molar-refractivity contribution in [3.05, 3.63) is 95.3 Å². The number of benzene rings is 4. The average Bonchev–Trinajstić information content (AvgIpc) is 2.92. The van der Waals surface area contributed by atoms with Gasteiger partial charge >= 0.3 is 0 Å². The summed E-state index contributed by atoms with van der Waals surface area (Å²) >= 11 is 0. The monoisotopic (exact) mass is 505 g/mol. The second-order valence-electron chi connectivity index (χ2n) is 9.22. The van der Waals surface area contributed by atoms with Gasteiger partial charge in [0.1, 0.15) is 18.1 Å². The van der Waals surface area contributed by atoms with Gasteiger partial charge in [-0.2, -0.15) is 0 Å². The molecule has 1 N–H and O–H groups in total. The van der Waals surface area contributed by atoms with Crippen LogP contribution in [0.15, 0.2) is 66.7 Å². The first kappa shape index (κ1) is 24.8. The zero-order valence-electron chi connectivity index (χ0n) is 20.1. The summed E-state index contributed by atoms with van der Waals surface area (Å²) < 4.78 is 48.3. The predicted octanol–water partition coefficient (Wildman–Crippen LogP) is 6.73. The molecule has 190 valence electrons. The highest BCUT2D eigenvalue weighted by Gasteiger charge is 2.23. The minimum atomic E-state index is -1.60. The number of halogens is 3. The highest BCUT2D eigenvalue weighted by atomic mass is 19.2. The van der Waals surface area contributed by atoms with Crippen LogP contribution in [0, 0.1) is 17.5 Å². The number of rotatable bonds is 7. The van der Waals surface area contributed by atoms with Crippen LogP contribution in [0.25, 0.3) is 21.9 Å². The zero-order chi connectivity index (χ0) is 25.9. The van der Waals surface area contributed by atoms with Crippen LogP contribution in [0.5, 0.6) is 11.5 Å². The van der Waals surface area contributed by atoms with Gasteiger partial charge < -0.3 is 9.84 Å². The van der Waals surface area contributed by atoms with Gasteiger partial charge in [0.2, 0.25) is 0 Å². The maximum atomic E-state index is 14.8. The van der Waals surface area contributed by atoms with E-state index < -0.39 is 23.2 Å². The standard InChI is InChI=1S/C30H26F3NO3/c31-26-13-12-25(28(32)29(26)33)24-10-6-20-18-21(35)7-11-23(20)27(24)30(36)19-4-8-22(9-5-19)37-17-16-34-14-2-1-3-15-34/h4-13,18,35H,1-3,14-17H2. The van der Waals surface area contributed by atoms with Crippen molar-refractivity contribution in [1.29, 1.82) is 0 Å². The Kier molecular flexibility index (Phi) is 7.15. The van der Waals surface area contributed by atoms with Crippen molar-refractivity contribution in [2.75, 3.05) is 26.2 Å². The summed E-state index contributed by atoms with van der Waals surface area (Å²) in [6.07, 6.45) is 3.69. The van der Waals surface area contributed by atoms with Gasteiger partial charge in [-0.25, -0.2) is 13.2 Å². The van der Waals surface area contributed by atoms with Crippen LogP contribution in [0.1, 0.15) is 35.2 Å². The molecule has 7 heteroatoms. The molecule has 0 atom stereocenters. The van der Waals surface area contributed by atoms with E-state index >= 15 is 0 Å². The quantitative estimate of drug-likeness (QED) is 0.224. The van der Waals surface area contributed by atoms with Crippen molar-refractivity contribution >= 4 is 16.6 Å². The van der Waals surface area contributed by atoms with E-state index in [4.69, 9.17) is 4.74 Å². The van der Waals surface area contributed by atoms with E-state index in [1.807, 2.05) is 0 Å². The van der Waals surface area contributed by atoms with Crippen molar-refractivity contribution in [2.45, 2.75) is 19.3 Å². The third-order valence-electron chi connectivity index (χ3n) is 6.80. The van der Waals surface area contributed by atoms with Gasteiger partial charge in [0.05, 0.1) is 0 Å². The predicted molar refractivity (Wildman–Crippen MR) is 137 cm³/mol. The molecule has 1 aliphatic heterocycles. The van der Waals surface area contributed by atoms with Gasteiger partial charge in [0, 0.05) is 23.2 Å². The average molecular weight is 506 g/mol. The molecule has 0 amide bonds. The fraction of sp³-hybridized carbons (Fsp3) is 0.233. The summed E-state index contributed by atoms with van der Waals surface area (Å²) in [6.45, 7) is 3.55. The van der Waals surface area contributed by atoms with Gasteiger partial charge in [0.25, 0.3) is 0 Å². The molecule has 1 aliphatic rings. The molecule has 0 unspecified atom stereocenters. The van der Waals surface area contributed by atoms with E-state index in [1.165, 1.54) is 37.5 Å². The van der Waals surface area contributed by atoms with Gasteiger partial charge in [-0.3, -0.25) is 9.69 Å². The minimum absolute atomic E-state index is 0.00344. The third-order valence-corrected chi connectivity index (χ3v) is 6.80. The van der Waals surface area contributed by atoms with Crippen LogP contribution in [-0.2, 0) is 0 Å². The summed E-state index contributed by atoms with van der Waals surface area (Å²) in [5, 5.41) is 10.9. The van der Waals surface area contributed by atoms with E-state index in [1.54, 1.807) is 36.4 Å². The van der Waals surface area contributed by atoms with Gasteiger partial charge in [-0.15, -0.1) is 0 Å². The number of fused-ring (bicyclic) bond motifs is 1. The number of aromatic hydroxyl groups is 1. The molecule has 0 aromatic heterocycles. The Morgan fingerprint density at radius 3 is 2.32 bits per heavy atom. The molecule has 0 bridgehead atoms. The number of hydrogen-bond donors (Lipinski definition) is 1. The Balaban J connectivity index is 1.47. The Morgan fingerprint density at radius 2 is 1.57 bits per heavy atom. The summed E-state index contributed by atoms with van der Waals surface area (Å²) in [7, 11) is 0. The molecule has 37 heavy (non-hydrogen) atoms. The lowest BCUT2D eigenvalue weighted by molar-refractivity contribution is 0.104. The number of ketones is 1. The first-order chi connectivity index (χ1) is 17.9. The van der Waals surface area contributed by atoms with E-state index in [0.717, 1.165) is 31.8 Å². The zero-order valence-corrected chi connectivity index (χ0v) is 20.1. The van der Waals surface area contributed by atoms with Crippen molar-refractivity contribution in [3.63, 3.8) is 0 Å². The van der Waals surface area contributed by atoms with Gasteiger partial charge in [-0.05, 0) is 96.9 Å². The van der Waals surface area contributed by atoms with Crippen molar-refractivity contribution in [3.8, 4) is 22.6 Å². The smallest absolute Gasteiger partial charge is 0.195 e. The summed E-state index contributed by atoms with van der Waals surface area (Å²) in [4.78, 5) is 16.1. The van der Waals surface area contributed by atoms with Gasteiger partial charge in [-0.1, -0.05) is 18.6 Å². The Hall–Kier alpha value is -3.84. The number of phenols is 1. The molecule has 1 heterocycles. The molecule has 5 rings (SSSR count). The number of nitrogens with zero attached hydrogens (tertiary/aromatic N) is 1. The van der Waals surface area contributed by atoms with E-state index in [2.05, 4.69) is 4.90 Å². The molecule has 0 radical (unpaired) electrons. The Bertz CT molecular complexity index is 1450. The molecular formula is C30H26F3NO3. The number of carbonyl (C=O) groups is 1. The topological polar surface area (TPSA) is 49.8 Å².